The average molecular weight is 431 g/mol. The summed E-state index contributed by atoms with van der Waals surface area (Å²) in [5, 5.41) is 12.6. The average Bonchev–Trinajstić information content (AvgIpc) is 3.50. The molecule has 31 heavy (non-hydrogen) atoms. The van der Waals surface area contributed by atoms with Crippen molar-refractivity contribution in [3.05, 3.63) is 65.7 Å². The first-order valence-electron chi connectivity index (χ1n) is 10.7. The Morgan fingerprint density at radius 3 is 2.90 bits per heavy atom. The second-order valence-electron chi connectivity index (χ2n) is 7.99. The van der Waals surface area contributed by atoms with Crippen molar-refractivity contribution < 1.29 is 0 Å². The molecule has 1 aliphatic rings. The lowest BCUT2D eigenvalue weighted by Crippen LogP contribution is -2.22. The number of hydrogen-bond donors (Lipinski definition) is 3. The fraction of sp³-hybridized carbons (Fsp3) is 0.292. The maximum absolute atomic E-state index is 4.90. The van der Waals surface area contributed by atoms with Crippen molar-refractivity contribution in [1.82, 2.24) is 20.3 Å². The molecule has 7 heteroatoms. The van der Waals surface area contributed by atoms with Crippen LogP contribution in [0, 0.1) is 0 Å². The van der Waals surface area contributed by atoms with Crippen LogP contribution in [0.5, 0.6) is 0 Å². The number of benzene rings is 1. The van der Waals surface area contributed by atoms with E-state index in [0.717, 1.165) is 59.3 Å². The molecule has 158 valence electrons. The molecule has 0 amide bonds. The van der Waals surface area contributed by atoms with Gasteiger partial charge >= 0.3 is 0 Å². The molecule has 0 aliphatic carbocycles. The summed E-state index contributed by atoms with van der Waals surface area (Å²) in [6.45, 7) is 5.04. The summed E-state index contributed by atoms with van der Waals surface area (Å²) in [4.78, 5) is 14.2. The van der Waals surface area contributed by atoms with Crippen molar-refractivity contribution in [2.24, 2.45) is 0 Å². The van der Waals surface area contributed by atoms with Crippen LogP contribution in [0.3, 0.4) is 0 Å². The fourth-order valence-corrected chi connectivity index (χ4v) is 4.67. The van der Waals surface area contributed by atoms with Crippen molar-refractivity contribution in [3.63, 3.8) is 0 Å². The smallest absolute Gasteiger partial charge is 0.162 e. The molecule has 0 saturated carbocycles. The fourth-order valence-electron chi connectivity index (χ4n) is 3.89. The van der Waals surface area contributed by atoms with E-state index in [2.05, 4.69) is 63.6 Å². The van der Waals surface area contributed by atoms with Crippen molar-refractivity contribution in [1.29, 1.82) is 0 Å². The topological polar surface area (TPSA) is 74.8 Å². The molecular weight excluding hydrogens is 404 g/mol. The van der Waals surface area contributed by atoms with Crippen LogP contribution >= 0.6 is 11.3 Å². The van der Waals surface area contributed by atoms with Gasteiger partial charge in [-0.15, -0.1) is 11.3 Å². The number of rotatable bonds is 7. The molecule has 3 aromatic heterocycles. The van der Waals surface area contributed by atoms with E-state index < -0.39 is 0 Å². The lowest BCUT2D eigenvalue weighted by atomic mass is 10.0. The molecule has 1 saturated heterocycles. The van der Waals surface area contributed by atoms with Gasteiger partial charge < -0.3 is 16.0 Å². The van der Waals surface area contributed by atoms with Gasteiger partial charge in [0.05, 0.1) is 10.2 Å². The summed E-state index contributed by atoms with van der Waals surface area (Å²) in [5.41, 5.74) is 3.26. The van der Waals surface area contributed by atoms with Crippen molar-refractivity contribution in [2.75, 3.05) is 30.3 Å². The summed E-state index contributed by atoms with van der Waals surface area (Å²) in [5.74, 6) is 2.87. The van der Waals surface area contributed by atoms with E-state index in [4.69, 9.17) is 9.97 Å². The van der Waals surface area contributed by atoms with Gasteiger partial charge in [0.25, 0.3) is 0 Å². The lowest BCUT2D eigenvalue weighted by molar-refractivity contribution is 0.789. The zero-order chi connectivity index (χ0) is 21.0. The van der Waals surface area contributed by atoms with Gasteiger partial charge in [-0.05, 0) is 48.0 Å². The van der Waals surface area contributed by atoms with Crippen molar-refractivity contribution in [2.45, 2.75) is 25.3 Å². The van der Waals surface area contributed by atoms with Crippen LogP contribution in [0.15, 0.2) is 60.1 Å². The zero-order valence-corrected chi connectivity index (χ0v) is 18.3. The number of hydrogen-bond acceptors (Lipinski definition) is 7. The number of thiophene rings is 1. The van der Waals surface area contributed by atoms with Crippen molar-refractivity contribution >= 4 is 33.2 Å². The van der Waals surface area contributed by atoms with Gasteiger partial charge in [-0.25, -0.2) is 15.0 Å². The Kier molecular flexibility index (Phi) is 5.78. The molecule has 1 aromatic carbocycles. The molecule has 0 radical (unpaired) electrons. The lowest BCUT2D eigenvalue weighted by Gasteiger charge is -2.15. The van der Waals surface area contributed by atoms with Gasteiger partial charge in [0.15, 0.2) is 5.82 Å². The maximum Gasteiger partial charge on any atom is 0.162 e. The summed E-state index contributed by atoms with van der Waals surface area (Å²) in [7, 11) is 0. The van der Waals surface area contributed by atoms with Gasteiger partial charge in [0.1, 0.15) is 11.6 Å². The van der Waals surface area contributed by atoms with E-state index in [9.17, 15) is 0 Å². The second-order valence-corrected chi connectivity index (χ2v) is 8.90. The summed E-state index contributed by atoms with van der Waals surface area (Å²) in [6, 6.07) is 17.0. The predicted octanol–water partition coefficient (Wildman–Crippen LogP) is 4.74. The largest absolute Gasteiger partial charge is 0.369 e. The van der Waals surface area contributed by atoms with Gasteiger partial charge in [0, 0.05) is 30.9 Å². The molecule has 6 nitrogen and oxygen atoms in total. The van der Waals surface area contributed by atoms with Gasteiger partial charge in [-0.3, -0.25) is 0 Å². The Labute approximate surface area is 186 Å². The summed E-state index contributed by atoms with van der Waals surface area (Å²) in [6.07, 6.45) is 2.93. The highest BCUT2D eigenvalue weighted by molar-refractivity contribution is 7.17. The molecular formula is C24H26N6S. The minimum atomic E-state index is 0.390. The Balaban J connectivity index is 1.37. The molecule has 4 aromatic rings. The standard InChI is InChI=1S/C24H26N6S/c1-16(17-5-3-2-4-6-17)14-27-21-13-18(7-11-26-21)23-29-20-9-12-31-22(20)24(30-23)28-19-8-10-25-15-19/h2-7,9,11-13,16,19,25H,8,10,14-15H2,1H3,(H,26,27)(H,28,29,30)/t16-,19+/m0/s1. The predicted molar refractivity (Wildman–Crippen MR) is 129 cm³/mol. The van der Waals surface area contributed by atoms with E-state index in [-0.39, 0.29) is 0 Å². The first kappa shape index (κ1) is 19.9. The first-order chi connectivity index (χ1) is 15.3. The SMILES string of the molecule is C[C@@H](CNc1cc(-c2nc(N[C@@H]3CCNC3)c3sccc3n2)ccn1)c1ccccc1. The Hall–Kier alpha value is -3.03. The van der Waals surface area contributed by atoms with Crippen LogP contribution in [-0.4, -0.2) is 40.6 Å². The minimum absolute atomic E-state index is 0.390. The third-order valence-corrected chi connectivity index (χ3v) is 6.59. The zero-order valence-electron chi connectivity index (χ0n) is 17.5. The number of aromatic nitrogens is 3. The molecule has 1 fully saturated rings. The van der Waals surface area contributed by atoms with E-state index in [1.54, 1.807) is 11.3 Å². The van der Waals surface area contributed by atoms with E-state index >= 15 is 0 Å². The van der Waals surface area contributed by atoms with E-state index in [0.29, 0.717) is 12.0 Å². The highest BCUT2D eigenvalue weighted by Crippen LogP contribution is 2.30. The number of nitrogens with zero attached hydrogens (tertiary/aromatic N) is 3. The molecule has 0 bridgehead atoms. The monoisotopic (exact) mass is 430 g/mol. The third kappa shape index (κ3) is 4.52. The number of anilines is 2. The van der Waals surface area contributed by atoms with Crippen molar-refractivity contribution in [3.8, 4) is 11.4 Å². The highest BCUT2D eigenvalue weighted by atomic mass is 32.1. The van der Waals surface area contributed by atoms with E-state index in [1.807, 2.05) is 24.4 Å². The van der Waals surface area contributed by atoms with E-state index in [1.165, 1.54) is 5.56 Å². The molecule has 3 N–H and O–H groups in total. The quantitative estimate of drug-likeness (QED) is 0.393. The summed E-state index contributed by atoms with van der Waals surface area (Å²) < 4.78 is 1.11. The van der Waals surface area contributed by atoms with Gasteiger partial charge in [0.2, 0.25) is 0 Å². The normalized spacial score (nSPS) is 17.0. The second kappa shape index (κ2) is 8.99. The van der Waals surface area contributed by atoms with Gasteiger partial charge in [-0.2, -0.15) is 0 Å². The van der Waals surface area contributed by atoms with Crippen LogP contribution in [0.1, 0.15) is 24.8 Å². The molecule has 5 rings (SSSR count). The number of nitrogens with one attached hydrogen (secondary N) is 3. The molecule has 0 unspecified atom stereocenters. The van der Waals surface area contributed by atoms with Crippen LogP contribution in [0.4, 0.5) is 11.6 Å². The van der Waals surface area contributed by atoms with Crippen LogP contribution in [0.25, 0.3) is 21.6 Å². The number of fused-ring (bicyclic) bond motifs is 1. The first-order valence-corrected chi connectivity index (χ1v) is 11.6. The molecule has 2 atom stereocenters. The van der Waals surface area contributed by atoms with Crippen LogP contribution < -0.4 is 16.0 Å². The van der Waals surface area contributed by atoms with Crippen LogP contribution in [0.2, 0.25) is 0 Å². The maximum atomic E-state index is 4.90. The van der Waals surface area contributed by atoms with Gasteiger partial charge in [-0.1, -0.05) is 37.3 Å². The highest BCUT2D eigenvalue weighted by Gasteiger charge is 2.18. The molecule has 4 heterocycles. The summed E-state index contributed by atoms with van der Waals surface area (Å²) >= 11 is 1.68. The van der Waals surface area contributed by atoms with Crippen LogP contribution in [-0.2, 0) is 0 Å². The third-order valence-electron chi connectivity index (χ3n) is 5.68. The Morgan fingerprint density at radius 1 is 1.16 bits per heavy atom. The molecule has 1 aliphatic heterocycles. The Morgan fingerprint density at radius 2 is 2.06 bits per heavy atom. The molecule has 0 spiro atoms. The number of pyridine rings is 1. The Bertz CT molecular complexity index is 1150. The minimum Gasteiger partial charge on any atom is -0.369 e.